The molecular formula is C22H18F3NO4S. The topological polar surface area (TPSA) is 83.5 Å². The highest BCUT2D eigenvalue weighted by molar-refractivity contribution is 7.92. The van der Waals surface area contributed by atoms with Gasteiger partial charge in [0.25, 0.3) is 10.0 Å². The maximum Gasteiger partial charge on any atom is 0.416 e. The molecule has 162 valence electrons. The Morgan fingerprint density at radius 3 is 2.16 bits per heavy atom. The van der Waals surface area contributed by atoms with Crippen LogP contribution < -0.4 is 4.72 Å². The Kier molecular flexibility index (Phi) is 6.35. The SMILES string of the molecule is O=C(O)c1ccc(CCc2cccc(NS(=O)(=O)c3cccc(C(F)(F)F)c3)c2)cc1. The Morgan fingerprint density at radius 2 is 1.52 bits per heavy atom. The van der Waals surface area contributed by atoms with Crippen LogP contribution in [0.4, 0.5) is 18.9 Å². The molecule has 0 aliphatic carbocycles. The van der Waals surface area contributed by atoms with Crippen LogP contribution in [-0.4, -0.2) is 19.5 Å². The minimum absolute atomic E-state index is 0.190. The lowest BCUT2D eigenvalue weighted by Crippen LogP contribution is -2.14. The molecule has 3 rings (SSSR count). The molecule has 0 radical (unpaired) electrons. The normalized spacial score (nSPS) is 11.8. The second kappa shape index (κ2) is 8.81. The summed E-state index contributed by atoms with van der Waals surface area (Å²) in [5, 5.41) is 8.93. The number of sulfonamides is 1. The maximum absolute atomic E-state index is 12.9. The molecule has 0 atom stereocenters. The second-order valence-corrected chi connectivity index (χ2v) is 8.52. The number of carboxylic acids is 1. The largest absolute Gasteiger partial charge is 0.478 e. The monoisotopic (exact) mass is 449 g/mol. The average molecular weight is 449 g/mol. The van der Waals surface area contributed by atoms with Gasteiger partial charge in [0.1, 0.15) is 0 Å². The van der Waals surface area contributed by atoms with Crippen molar-refractivity contribution in [3.8, 4) is 0 Å². The molecule has 0 aromatic heterocycles. The molecule has 2 N–H and O–H groups in total. The maximum atomic E-state index is 12.9. The average Bonchev–Trinajstić information content (AvgIpc) is 2.72. The molecule has 0 aliphatic rings. The van der Waals surface area contributed by atoms with Crippen molar-refractivity contribution in [2.45, 2.75) is 23.9 Å². The van der Waals surface area contributed by atoms with Crippen LogP contribution >= 0.6 is 0 Å². The fourth-order valence-corrected chi connectivity index (χ4v) is 4.04. The van der Waals surface area contributed by atoms with Gasteiger partial charge in [-0.05, 0) is 66.4 Å². The van der Waals surface area contributed by atoms with Gasteiger partial charge in [0.15, 0.2) is 0 Å². The molecule has 0 amide bonds. The second-order valence-electron chi connectivity index (χ2n) is 6.83. The van der Waals surface area contributed by atoms with Crippen molar-refractivity contribution in [3.05, 3.63) is 95.1 Å². The number of hydrogen-bond donors (Lipinski definition) is 2. The molecule has 31 heavy (non-hydrogen) atoms. The quantitative estimate of drug-likeness (QED) is 0.532. The smallest absolute Gasteiger partial charge is 0.416 e. The first-order valence-electron chi connectivity index (χ1n) is 9.16. The number of hydrogen-bond acceptors (Lipinski definition) is 3. The Hall–Kier alpha value is -3.33. The highest BCUT2D eigenvalue weighted by atomic mass is 32.2. The van der Waals surface area contributed by atoms with Gasteiger partial charge in [0.2, 0.25) is 0 Å². The van der Waals surface area contributed by atoms with Crippen LogP contribution in [-0.2, 0) is 29.0 Å². The van der Waals surface area contributed by atoms with E-state index in [1.165, 1.54) is 18.2 Å². The predicted octanol–water partition coefficient (Wildman–Crippen LogP) is 4.99. The van der Waals surface area contributed by atoms with Crippen molar-refractivity contribution in [2.75, 3.05) is 4.72 Å². The molecule has 0 heterocycles. The van der Waals surface area contributed by atoms with E-state index in [1.54, 1.807) is 30.3 Å². The minimum atomic E-state index is -4.64. The lowest BCUT2D eigenvalue weighted by molar-refractivity contribution is -0.137. The standard InChI is InChI=1S/C22H18F3NO4S/c23-22(24,25)18-4-2-6-20(14-18)31(29,30)26-19-5-1-3-16(13-19)8-7-15-9-11-17(12-10-15)21(27)28/h1-6,9-14,26H,7-8H2,(H,27,28). The molecule has 3 aromatic rings. The number of rotatable bonds is 7. The van der Waals surface area contributed by atoms with Gasteiger partial charge in [-0.15, -0.1) is 0 Å². The Balaban J connectivity index is 1.72. The molecule has 5 nitrogen and oxygen atoms in total. The van der Waals surface area contributed by atoms with Gasteiger partial charge >= 0.3 is 12.1 Å². The van der Waals surface area contributed by atoms with E-state index in [9.17, 15) is 26.4 Å². The predicted molar refractivity (Wildman–Crippen MR) is 110 cm³/mol. The fraction of sp³-hybridized carbons (Fsp3) is 0.136. The highest BCUT2D eigenvalue weighted by Gasteiger charge is 2.31. The molecule has 0 spiro atoms. The van der Waals surface area contributed by atoms with Crippen molar-refractivity contribution in [1.82, 2.24) is 0 Å². The zero-order valence-electron chi connectivity index (χ0n) is 16.1. The molecule has 0 aliphatic heterocycles. The van der Waals surface area contributed by atoms with Gasteiger partial charge in [-0.3, -0.25) is 4.72 Å². The molecule has 0 saturated heterocycles. The van der Waals surface area contributed by atoms with E-state index in [2.05, 4.69) is 4.72 Å². The van der Waals surface area contributed by atoms with Crippen LogP contribution in [0.15, 0.2) is 77.7 Å². The first-order valence-corrected chi connectivity index (χ1v) is 10.6. The van der Waals surface area contributed by atoms with Crippen LogP contribution in [0.1, 0.15) is 27.0 Å². The van der Waals surface area contributed by atoms with Crippen LogP contribution in [0.3, 0.4) is 0 Å². The van der Waals surface area contributed by atoms with Gasteiger partial charge in [-0.2, -0.15) is 13.2 Å². The molecule has 0 fully saturated rings. The molecule has 9 heteroatoms. The number of aryl methyl sites for hydroxylation is 2. The number of nitrogens with one attached hydrogen (secondary N) is 1. The summed E-state index contributed by atoms with van der Waals surface area (Å²) in [5.41, 5.74) is 1.11. The Morgan fingerprint density at radius 1 is 0.871 bits per heavy atom. The Bertz CT molecular complexity index is 1190. The highest BCUT2D eigenvalue weighted by Crippen LogP contribution is 2.31. The zero-order chi connectivity index (χ0) is 22.6. The summed E-state index contributed by atoms with van der Waals surface area (Å²) in [6.45, 7) is 0. The summed E-state index contributed by atoms with van der Waals surface area (Å²) in [7, 11) is -4.20. The number of halogens is 3. The van der Waals surface area contributed by atoms with Gasteiger partial charge in [0, 0.05) is 5.69 Å². The van der Waals surface area contributed by atoms with E-state index in [4.69, 9.17) is 5.11 Å². The van der Waals surface area contributed by atoms with E-state index in [0.29, 0.717) is 18.9 Å². The van der Waals surface area contributed by atoms with Crippen molar-refractivity contribution < 1.29 is 31.5 Å². The fourth-order valence-electron chi connectivity index (χ4n) is 2.95. The van der Waals surface area contributed by atoms with Gasteiger partial charge < -0.3 is 5.11 Å². The summed E-state index contributed by atoms with van der Waals surface area (Å²) in [5.74, 6) is -1.01. The molecule has 0 unspecified atom stereocenters. The van der Waals surface area contributed by atoms with E-state index < -0.39 is 32.6 Å². The third-order valence-corrected chi connectivity index (χ3v) is 5.93. The van der Waals surface area contributed by atoms with Crippen LogP contribution in [0.5, 0.6) is 0 Å². The first kappa shape index (κ1) is 22.4. The number of aromatic carboxylic acids is 1. The lowest BCUT2D eigenvalue weighted by atomic mass is 10.0. The molecule has 0 saturated carbocycles. The van der Waals surface area contributed by atoms with Gasteiger partial charge in [-0.1, -0.05) is 30.3 Å². The summed E-state index contributed by atoms with van der Waals surface area (Å²) in [6.07, 6.45) is -3.48. The zero-order valence-corrected chi connectivity index (χ0v) is 16.9. The van der Waals surface area contributed by atoms with Crippen molar-refractivity contribution in [3.63, 3.8) is 0 Å². The third-order valence-electron chi connectivity index (χ3n) is 4.55. The van der Waals surface area contributed by atoms with Crippen LogP contribution in [0, 0.1) is 0 Å². The van der Waals surface area contributed by atoms with E-state index >= 15 is 0 Å². The number of carbonyl (C=O) groups is 1. The lowest BCUT2D eigenvalue weighted by Gasteiger charge is -2.12. The van der Waals surface area contributed by atoms with Crippen LogP contribution in [0.2, 0.25) is 0 Å². The summed E-state index contributed by atoms with van der Waals surface area (Å²) >= 11 is 0. The van der Waals surface area contributed by atoms with E-state index in [0.717, 1.165) is 29.3 Å². The number of benzene rings is 3. The molecule has 3 aromatic carbocycles. The number of anilines is 1. The first-order chi connectivity index (χ1) is 14.5. The molecular weight excluding hydrogens is 431 g/mol. The van der Waals surface area contributed by atoms with Crippen molar-refractivity contribution in [2.24, 2.45) is 0 Å². The summed E-state index contributed by atoms with van der Waals surface area (Å²) < 4.78 is 66.0. The summed E-state index contributed by atoms with van der Waals surface area (Å²) in [6, 6.07) is 16.6. The van der Waals surface area contributed by atoms with Gasteiger partial charge in [-0.25, -0.2) is 13.2 Å². The van der Waals surface area contributed by atoms with E-state index in [1.807, 2.05) is 0 Å². The number of alkyl halides is 3. The minimum Gasteiger partial charge on any atom is -0.478 e. The van der Waals surface area contributed by atoms with Crippen molar-refractivity contribution >= 4 is 21.7 Å². The number of carboxylic acid groups (broad SMARTS) is 1. The Labute approximate surface area is 177 Å². The van der Waals surface area contributed by atoms with Crippen molar-refractivity contribution in [1.29, 1.82) is 0 Å². The van der Waals surface area contributed by atoms with Gasteiger partial charge in [0.05, 0.1) is 16.0 Å². The van der Waals surface area contributed by atoms with Crippen LogP contribution in [0.25, 0.3) is 0 Å². The molecule has 0 bridgehead atoms. The summed E-state index contributed by atoms with van der Waals surface area (Å²) in [4.78, 5) is 10.4. The van der Waals surface area contributed by atoms with E-state index in [-0.39, 0.29) is 11.3 Å². The third kappa shape index (κ3) is 5.85.